The molecule has 2 amide bonds. The minimum atomic E-state index is -0.564. The lowest BCUT2D eigenvalue weighted by Gasteiger charge is -2.34. The summed E-state index contributed by atoms with van der Waals surface area (Å²) in [5.74, 6) is 0.390. The minimum absolute atomic E-state index is 0.0278. The number of hydrogen-bond donors (Lipinski definition) is 3. The van der Waals surface area contributed by atoms with Crippen LogP contribution >= 0.6 is 0 Å². The molecule has 0 saturated carbocycles. The normalized spacial score (nSPS) is 12.4. The van der Waals surface area contributed by atoms with Crippen LogP contribution in [0.2, 0.25) is 0 Å². The maximum atomic E-state index is 12.3. The van der Waals surface area contributed by atoms with Gasteiger partial charge in [0.05, 0.1) is 12.1 Å². The van der Waals surface area contributed by atoms with E-state index < -0.39 is 17.2 Å². The fourth-order valence-electron chi connectivity index (χ4n) is 2.23. The Bertz CT molecular complexity index is 511. The third-order valence-corrected chi connectivity index (χ3v) is 4.18. The van der Waals surface area contributed by atoms with E-state index in [0.717, 1.165) is 0 Å². The van der Waals surface area contributed by atoms with Gasteiger partial charge in [-0.05, 0) is 33.6 Å². The van der Waals surface area contributed by atoms with Gasteiger partial charge in [0.25, 0.3) is 0 Å². The van der Waals surface area contributed by atoms with Crippen LogP contribution in [0.3, 0.4) is 0 Å². The van der Waals surface area contributed by atoms with E-state index in [4.69, 9.17) is 9.47 Å². The van der Waals surface area contributed by atoms with Crippen molar-refractivity contribution in [2.24, 2.45) is 4.99 Å². The van der Waals surface area contributed by atoms with Crippen molar-refractivity contribution in [3.05, 3.63) is 0 Å². The van der Waals surface area contributed by atoms with Crippen molar-refractivity contribution in [3.8, 4) is 0 Å². The summed E-state index contributed by atoms with van der Waals surface area (Å²) in [6.07, 6.45) is 0.960. The van der Waals surface area contributed by atoms with E-state index in [1.807, 2.05) is 34.6 Å². The predicted molar refractivity (Wildman–Crippen MR) is 112 cm³/mol. The largest absolute Gasteiger partial charge is 0.444 e. The molecule has 9 heteroatoms. The zero-order valence-electron chi connectivity index (χ0n) is 18.8. The van der Waals surface area contributed by atoms with Gasteiger partial charge in [-0.15, -0.1) is 0 Å². The summed E-state index contributed by atoms with van der Waals surface area (Å²) in [6.45, 7) is 11.0. The quantitative estimate of drug-likeness (QED) is 0.290. The summed E-state index contributed by atoms with van der Waals surface area (Å²) in [6, 6.07) is 0. The summed E-state index contributed by atoms with van der Waals surface area (Å²) in [4.78, 5) is 29.9. The first kappa shape index (κ1) is 26.0. The second-order valence-corrected chi connectivity index (χ2v) is 7.84. The van der Waals surface area contributed by atoms with E-state index in [1.165, 1.54) is 4.90 Å². The number of likely N-dealkylation sites (N-methyl/N-ethyl adjacent to an activating group) is 1. The van der Waals surface area contributed by atoms with E-state index >= 15 is 0 Å². The average molecular weight is 402 g/mol. The number of rotatable bonds is 10. The Morgan fingerprint density at radius 1 is 1.07 bits per heavy atom. The van der Waals surface area contributed by atoms with E-state index in [2.05, 4.69) is 20.9 Å². The molecule has 0 atom stereocenters. The molecule has 0 radical (unpaired) electrons. The number of guanidine groups is 1. The molecule has 0 aliphatic carbocycles. The van der Waals surface area contributed by atoms with Crippen molar-refractivity contribution in [2.75, 3.05) is 47.4 Å². The standard InChI is InChI=1S/C19H39N5O4/c1-9-19(10-2,23-17(26)28-18(3,4)5)14-22-16(20-11-12-27-8)21-13-15(25)24(6)7/h9-14H2,1-8H3,(H,23,26)(H2,20,21,22). The van der Waals surface area contributed by atoms with Gasteiger partial charge in [-0.3, -0.25) is 4.79 Å². The van der Waals surface area contributed by atoms with Gasteiger partial charge in [0.1, 0.15) is 12.1 Å². The van der Waals surface area contributed by atoms with E-state index in [0.29, 0.717) is 38.5 Å². The first-order chi connectivity index (χ1) is 13.0. The van der Waals surface area contributed by atoms with Crippen LogP contribution < -0.4 is 16.0 Å². The predicted octanol–water partition coefficient (Wildman–Crippen LogP) is 1.34. The fourth-order valence-corrected chi connectivity index (χ4v) is 2.23. The van der Waals surface area contributed by atoms with Crippen LogP contribution in [0.4, 0.5) is 4.79 Å². The van der Waals surface area contributed by atoms with Crippen molar-refractivity contribution < 1.29 is 19.1 Å². The van der Waals surface area contributed by atoms with Gasteiger partial charge in [-0.1, -0.05) is 13.8 Å². The lowest BCUT2D eigenvalue weighted by Crippen LogP contribution is -2.57. The number of aliphatic imine (C=N–C) groups is 1. The van der Waals surface area contributed by atoms with Crippen LogP contribution in [-0.4, -0.2) is 81.4 Å². The fraction of sp³-hybridized carbons (Fsp3) is 0.842. The number of nitrogens with zero attached hydrogens (tertiary/aromatic N) is 2. The van der Waals surface area contributed by atoms with Gasteiger partial charge in [0.2, 0.25) is 5.91 Å². The molecular formula is C19H39N5O4. The molecule has 0 aromatic carbocycles. The third-order valence-electron chi connectivity index (χ3n) is 4.18. The van der Waals surface area contributed by atoms with E-state index in [-0.39, 0.29) is 12.5 Å². The highest BCUT2D eigenvalue weighted by Crippen LogP contribution is 2.16. The molecule has 0 aromatic heterocycles. The molecule has 0 unspecified atom stereocenters. The summed E-state index contributed by atoms with van der Waals surface area (Å²) < 4.78 is 10.4. The van der Waals surface area contributed by atoms with Gasteiger partial charge in [-0.2, -0.15) is 0 Å². The molecule has 0 aromatic rings. The molecule has 0 aliphatic rings. The highest BCUT2D eigenvalue weighted by molar-refractivity contribution is 5.84. The summed E-state index contributed by atoms with van der Waals surface area (Å²) in [7, 11) is 4.99. The van der Waals surface area contributed by atoms with Crippen molar-refractivity contribution in [1.82, 2.24) is 20.9 Å². The SMILES string of the molecule is CCC(CC)(CNC(=NCC(=O)N(C)C)NCCOC)NC(=O)OC(C)(C)C. The van der Waals surface area contributed by atoms with Crippen LogP contribution in [0.1, 0.15) is 47.5 Å². The maximum Gasteiger partial charge on any atom is 0.408 e. The lowest BCUT2D eigenvalue weighted by atomic mass is 9.93. The highest BCUT2D eigenvalue weighted by atomic mass is 16.6. The number of ether oxygens (including phenoxy) is 2. The van der Waals surface area contributed by atoms with Crippen LogP contribution in [0.5, 0.6) is 0 Å². The Balaban J connectivity index is 5.11. The third kappa shape index (κ3) is 11.0. The molecule has 0 bridgehead atoms. The Hall–Kier alpha value is -2.03. The molecule has 9 nitrogen and oxygen atoms in total. The number of nitrogens with one attached hydrogen (secondary N) is 3. The maximum absolute atomic E-state index is 12.3. The van der Waals surface area contributed by atoms with E-state index in [9.17, 15) is 9.59 Å². The zero-order chi connectivity index (χ0) is 21.8. The van der Waals surface area contributed by atoms with Crippen molar-refractivity contribution in [3.63, 3.8) is 0 Å². The molecule has 0 spiro atoms. The van der Waals surface area contributed by atoms with Gasteiger partial charge < -0.3 is 30.3 Å². The Morgan fingerprint density at radius 2 is 1.68 bits per heavy atom. The molecule has 28 heavy (non-hydrogen) atoms. The van der Waals surface area contributed by atoms with Gasteiger partial charge in [0, 0.05) is 34.3 Å². The number of methoxy groups -OCH3 is 1. The molecule has 0 aliphatic heterocycles. The molecular weight excluding hydrogens is 362 g/mol. The lowest BCUT2D eigenvalue weighted by molar-refractivity contribution is -0.127. The van der Waals surface area contributed by atoms with Gasteiger partial charge >= 0.3 is 6.09 Å². The minimum Gasteiger partial charge on any atom is -0.444 e. The van der Waals surface area contributed by atoms with Crippen molar-refractivity contribution in [2.45, 2.75) is 58.6 Å². The number of carbonyl (C=O) groups is 2. The van der Waals surface area contributed by atoms with Crippen LogP contribution in [0.25, 0.3) is 0 Å². The monoisotopic (exact) mass is 401 g/mol. The molecule has 164 valence electrons. The van der Waals surface area contributed by atoms with Crippen LogP contribution in [0, 0.1) is 0 Å². The average Bonchev–Trinajstić information content (AvgIpc) is 2.60. The van der Waals surface area contributed by atoms with Crippen LogP contribution in [-0.2, 0) is 14.3 Å². The van der Waals surface area contributed by atoms with Crippen LogP contribution in [0.15, 0.2) is 4.99 Å². The molecule has 3 N–H and O–H groups in total. The Labute approximate surface area is 169 Å². The summed E-state index contributed by atoms with van der Waals surface area (Å²) >= 11 is 0. The molecule has 0 heterocycles. The molecule has 0 saturated heterocycles. The van der Waals surface area contributed by atoms with E-state index in [1.54, 1.807) is 21.2 Å². The summed E-state index contributed by atoms with van der Waals surface area (Å²) in [5.41, 5.74) is -1.07. The van der Waals surface area contributed by atoms with Gasteiger partial charge in [-0.25, -0.2) is 9.79 Å². The molecule has 0 rings (SSSR count). The number of carbonyl (C=O) groups excluding carboxylic acids is 2. The second-order valence-electron chi connectivity index (χ2n) is 7.84. The summed E-state index contributed by atoms with van der Waals surface area (Å²) in [5, 5.41) is 9.34. The van der Waals surface area contributed by atoms with Gasteiger partial charge in [0.15, 0.2) is 5.96 Å². The highest BCUT2D eigenvalue weighted by Gasteiger charge is 2.30. The second kappa shape index (κ2) is 12.4. The van der Waals surface area contributed by atoms with Crippen molar-refractivity contribution in [1.29, 1.82) is 0 Å². The first-order valence-corrected chi connectivity index (χ1v) is 9.71. The molecule has 0 fully saturated rings. The zero-order valence-corrected chi connectivity index (χ0v) is 18.8. The Morgan fingerprint density at radius 3 is 2.14 bits per heavy atom. The number of hydrogen-bond acceptors (Lipinski definition) is 5. The number of amides is 2. The first-order valence-electron chi connectivity index (χ1n) is 9.71. The Kier molecular flexibility index (Phi) is 11.5. The number of alkyl carbamates (subject to hydrolysis) is 1. The topological polar surface area (TPSA) is 104 Å². The smallest absolute Gasteiger partial charge is 0.408 e. The van der Waals surface area contributed by atoms with Crippen molar-refractivity contribution >= 4 is 18.0 Å².